The zero-order valence-corrected chi connectivity index (χ0v) is 7.84. The molecule has 0 aromatic rings. The summed E-state index contributed by atoms with van der Waals surface area (Å²) in [6, 6.07) is 0. The van der Waals surface area contributed by atoms with Crippen LogP contribution in [0.5, 0.6) is 0 Å². The van der Waals surface area contributed by atoms with Crippen LogP contribution >= 0.6 is 0 Å². The Hall–Kier alpha value is -0.520. The van der Waals surface area contributed by atoms with Gasteiger partial charge in [0.1, 0.15) is 0 Å². The second-order valence-electron chi connectivity index (χ2n) is 3.35. The summed E-state index contributed by atoms with van der Waals surface area (Å²) < 4.78 is 0. The molecule has 1 aliphatic rings. The van der Waals surface area contributed by atoms with Gasteiger partial charge in [0.05, 0.1) is 0 Å². The van der Waals surface area contributed by atoms with Gasteiger partial charge < -0.3 is 0 Å². The van der Waals surface area contributed by atoms with Gasteiger partial charge in [-0.05, 0) is 38.5 Å². The summed E-state index contributed by atoms with van der Waals surface area (Å²) in [5.41, 5.74) is 0. The van der Waals surface area contributed by atoms with Crippen LogP contribution in [0.25, 0.3) is 0 Å². The molecule has 0 unspecified atom stereocenters. The fraction of sp³-hybridized carbons (Fsp3) is 0.583. The molecule has 0 heterocycles. The van der Waals surface area contributed by atoms with Crippen molar-refractivity contribution in [1.29, 1.82) is 0 Å². The number of rotatable bonds is 0. The first-order valence-electron chi connectivity index (χ1n) is 5.13. The van der Waals surface area contributed by atoms with Gasteiger partial charge in [0, 0.05) is 0 Å². The molecule has 0 saturated carbocycles. The van der Waals surface area contributed by atoms with Crippen molar-refractivity contribution in [2.45, 2.75) is 44.9 Å². The maximum atomic E-state index is 2.33. The average molecular weight is 163 g/mol. The van der Waals surface area contributed by atoms with E-state index in [1.807, 2.05) is 0 Å². The average Bonchev–Trinajstić information content (AvgIpc) is 2.05. The molecule has 67 valence electrons. The van der Waals surface area contributed by atoms with Crippen LogP contribution in [0.3, 0.4) is 0 Å². The molecule has 12 heavy (non-hydrogen) atoms. The van der Waals surface area contributed by atoms with Crippen molar-refractivity contribution in [3.63, 3.8) is 0 Å². The molecule has 0 nitrogen and oxygen atoms in total. The lowest BCUT2D eigenvalue weighted by molar-refractivity contribution is 0.685. The third-order valence-corrected chi connectivity index (χ3v) is 2.18. The summed E-state index contributed by atoms with van der Waals surface area (Å²) in [5, 5.41) is 0. The topological polar surface area (TPSA) is 0 Å². The minimum Gasteiger partial charge on any atom is -0.0885 e. The molecule has 0 amide bonds. The standard InChI is InChI=1S/C12H19/c1-2-4-6-8-10-12-11-9-7-5-3-1/h1-3,8,10H,4-7,9,11-12H2/b2-1+,10-8+. The second kappa shape index (κ2) is 7.15. The highest BCUT2D eigenvalue weighted by atomic mass is 13.9. The number of hydrogen-bond acceptors (Lipinski definition) is 0. The predicted molar refractivity (Wildman–Crippen MR) is 54.9 cm³/mol. The van der Waals surface area contributed by atoms with E-state index in [1.54, 1.807) is 0 Å². The largest absolute Gasteiger partial charge is 0.0885 e. The van der Waals surface area contributed by atoms with Crippen LogP contribution in [0.15, 0.2) is 24.3 Å². The van der Waals surface area contributed by atoms with E-state index in [-0.39, 0.29) is 0 Å². The smallest absolute Gasteiger partial charge is 0.0171 e. The van der Waals surface area contributed by atoms with Gasteiger partial charge in [-0.1, -0.05) is 37.1 Å². The second-order valence-corrected chi connectivity index (χ2v) is 3.35. The normalized spacial score (nSPS) is 26.7. The Balaban J connectivity index is 2.19. The fourth-order valence-electron chi connectivity index (χ4n) is 1.42. The predicted octanol–water partition coefficient (Wildman–Crippen LogP) is 4.05. The highest BCUT2D eigenvalue weighted by Crippen LogP contribution is 2.08. The Kier molecular flexibility index (Phi) is 5.70. The molecule has 0 heteroatoms. The van der Waals surface area contributed by atoms with Crippen molar-refractivity contribution in [1.82, 2.24) is 0 Å². The molecule has 1 rings (SSSR count). The van der Waals surface area contributed by atoms with Crippen molar-refractivity contribution in [2.24, 2.45) is 0 Å². The third kappa shape index (κ3) is 5.17. The first-order valence-corrected chi connectivity index (χ1v) is 5.13. The lowest BCUT2D eigenvalue weighted by Crippen LogP contribution is -1.79. The Morgan fingerprint density at radius 3 is 2.33 bits per heavy atom. The third-order valence-electron chi connectivity index (χ3n) is 2.18. The molecule has 1 radical (unpaired) electrons. The van der Waals surface area contributed by atoms with Gasteiger partial charge in [-0.15, -0.1) is 0 Å². The summed E-state index contributed by atoms with van der Waals surface area (Å²) in [6.07, 6.45) is 20.5. The lowest BCUT2D eigenvalue weighted by Gasteiger charge is -1.98. The van der Waals surface area contributed by atoms with E-state index in [4.69, 9.17) is 0 Å². The Morgan fingerprint density at radius 1 is 0.583 bits per heavy atom. The Bertz CT molecular complexity index is 124. The van der Waals surface area contributed by atoms with Gasteiger partial charge in [-0.25, -0.2) is 0 Å². The SMILES string of the molecule is [CH]1/C=C/CC/C=C/CCCCC1. The number of hydrogen-bond donors (Lipinski definition) is 0. The van der Waals surface area contributed by atoms with E-state index in [2.05, 4.69) is 30.7 Å². The molecule has 0 N–H and O–H groups in total. The van der Waals surface area contributed by atoms with Crippen molar-refractivity contribution in [2.75, 3.05) is 0 Å². The molecule has 0 atom stereocenters. The molecule has 0 aromatic heterocycles. The van der Waals surface area contributed by atoms with E-state index in [0.29, 0.717) is 0 Å². The Labute approximate surface area is 76.4 Å². The number of allylic oxidation sites excluding steroid dienone is 4. The van der Waals surface area contributed by atoms with E-state index in [1.165, 1.54) is 44.9 Å². The Morgan fingerprint density at radius 2 is 1.33 bits per heavy atom. The molecule has 0 bridgehead atoms. The van der Waals surface area contributed by atoms with E-state index in [9.17, 15) is 0 Å². The summed E-state index contributed by atoms with van der Waals surface area (Å²) in [7, 11) is 0. The molecule has 0 fully saturated rings. The molecule has 0 saturated heterocycles. The van der Waals surface area contributed by atoms with Crippen LogP contribution in [0.4, 0.5) is 0 Å². The summed E-state index contributed by atoms with van der Waals surface area (Å²) in [6.45, 7) is 0. The van der Waals surface area contributed by atoms with Crippen molar-refractivity contribution < 1.29 is 0 Å². The highest BCUT2D eigenvalue weighted by molar-refractivity contribution is 4.96. The van der Waals surface area contributed by atoms with E-state index < -0.39 is 0 Å². The molecule has 0 aromatic carbocycles. The summed E-state index contributed by atoms with van der Waals surface area (Å²) in [5.74, 6) is 0. The van der Waals surface area contributed by atoms with Gasteiger partial charge in [-0.3, -0.25) is 0 Å². The van der Waals surface area contributed by atoms with Crippen LogP contribution in [-0.4, -0.2) is 0 Å². The first kappa shape index (κ1) is 9.57. The van der Waals surface area contributed by atoms with Crippen molar-refractivity contribution >= 4 is 0 Å². The van der Waals surface area contributed by atoms with Gasteiger partial charge >= 0.3 is 0 Å². The molecule has 0 aliphatic heterocycles. The summed E-state index contributed by atoms with van der Waals surface area (Å²) >= 11 is 0. The minimum absolute atomic E-state index is 1.20. The minimum atomic E-state index is 1.20. The van der Waals surface area contributed by atoms with Crippen LogP contribution in [0.2, 0.25) is 0 Å². The van der Waals surface area contributed by atoms with Gasteiger partial charge in [0.2, 0.25) is 0 Å². The highest BCUT2D eigenvalue weighted by Gasteiger charge is 1.88. The van der Waals surface area contributed by atoms with Crippen LogP contribution in [-0.2, 0) is 0 Å². The van der Waals surface area contributed by atoms with Crippen molar-refractivity contribution in [3.05, 3.63) is 30.7 Å². The van der Waals surface area contributed by atoms with Crippen LogP contribution in [0.1, 0.15) is 44.9 Å². The first-order chi connectivity index (χ1) is 6.00. The summed E-state index contributed by atoms with van der Waals surface area (Å²) in [4.78, 5) is 0. The van der Waals surface area contributed by atoms with Gasteiger partial charge in [0.25, 0.3) is 0 Å². The van der Waals surface area contributed by atoms with E-state index in [0.717, 1.165) is 0 Å². The quantitative estimate of drug-likeness (QED) is 0.473. The fourth-order valence-corrected chi connectivity index (χ4v) is 1.42. The van der Waals surface area contributed by atoms with Crippen molar-refractivity contribution in [3.8, 4) is 0 Å². The zero-order valence-electron chi connectivity index (χ0n) is 7.84. The monoisotopic (exact) mass is 163 g/mol. The molecular formula is C12H19. The van der Waals surface area contributed by atoms with Gasteiger partial charge in [-0.2, -0.15) is 0 Å². The van der Waals surface area contributed by atoms with Gasteiger partial charge in [0.15, 0.2) is 0 Å². The maximum Gasteiger partial charge on any atom is -0.0171 e. The van der Waals surface area contributed by atoms with Crippen LogP contribution in [0, 0.1) is 6.42 Å². The molecule has 0 spiro atoms. The van der Waals surface area contributed by atoms with E-state index >= 15 is 0 Å². The molecule has 1 aliphatic carbocycles. The molecular weight excluding hydrogens is 144 g/mol. The zero-order chi connectivity index (χ0) is 8.49. The van der Waals surface area contributed by atoms with Crippen LogP contribution < -0.4 is 0 Å². The lowest BCUT2D eigenvalue weighted by atomic mass is 10.1. The maximum absolute atomic E-state index is 2.33.